The van der Waals surface area contributed by atoms with Crippen LogP contribution < -0.4 is 5.32 Å². The average molecular weight is 352 g/mol. The van der Waals surface area contributed by atoms with Crippen LogP contribution in [0.4, 0.5) is 5.82 Å². The van der Waals surface area contributed by atoms with Gasteiger partial charge in [-0.2, -0.15) is 0 Å². The number of carbonyl (C=O) groups is 1. The first-order valence-corrected chi connectivity index (χ1v) is 7.97. The van der Waals surface area contributed by atoms with Crippen LogP contribution in [-0.4, -0.2) is 32.8 Å². The Morgan fingerprint density at radius 3 is 2.19 bits per heavy atom. The summed E-state index contributed by atoms with van der Waals surface area (Å²) in [4.78, 5) is 14.4. The number of nitrogens with zero attached hydrogens (tertiary/aromatic N) is 1. The van der Waals surface area contributed by atoms with Crippen LogP contribution in [0.3, 0.4) is 0 Å². The van der Waals surface area contributed by atoms with E-state index in [0.717, 1.165) is 11.4 Å². The number of aromatic hydroxyl groups is 1. The number of anilines is 1. The predicted octanol–water partition coefficient (Wildman–Crippen LogP) is 3.32. The van der Waals surface area contributed by atoms with E-state index in [2.05, 4.69) is 10.3 Å². The van der Waals surface area contributed by atoms with E-state index >= 15 is 0 Å². The highest BCUT2D eigenvalue weighted by Gasteiger charge is 2.06. The Bertz CT molecular complexity index is 810. The number of nitrogens with one attached hydrogen (secondary N) is 1. The fourth-order valence-corrected chi connectivity index (χ4v) is 2.12. The molecule has 3 aromatic rings. The van der Waals surface area contributed by atoms with Gasteiger partial charge in [-0.1, -0.05) is 48.5 Å². The second-order valence-electron chi connectivity index (χ2n) is 5.34. The van der Waals surface area contributed by atoms with Crippen LogP contribution in [0.25, 0.3) is 0 Å². The van der Waals surface area contributed by atoms with Crippen molar-refractivity contribution < 1.29 is 20.1 Å². The SMILES string of the molecule is O=C(O)c1ccccc1O.OC(CNc1ccccn1)c1ccccc1. The lowest BCUT2D eigenvalue weighted by atomic mass is 10.1. The van der Waals surface area contributed by atoms with Gasteiger partial charge in [0.25, 0.3) is 0 Å². The molecule has 1 atom stereocenters. The molecule has 0 saturated carbocycles. The number of aromatic carboxylic acids is 1. The van der Waals surface area contributed by atoms with Gasteiger partial charge in [0.05, 0.1) is 6.10 Å². The van der Waals surface area contributed by atoms with Crippen molar-refractivity contribution in [1.29, 1.82) is 0 Å². The Morgan fingerprint density at radius 2 is 1.62 bits per heavy atom. The minimum absolute atomic E-state index is 0.0671. The van der Waals surface area contributed by atoms with E-state index in [0.29, 0.717) is 6.54 Å². The van der Waals surface area contributed by atoms with E-state index in [9.17, 15) is 9.90 Å². The molecule has 0 fully saturated rings. The van der Waals surface area contributed by atoms with Gasteiger partial charge in [0.2, 0.25) is 0 Å². The highest BCUT2D eigenvalue weighted by molar-refractivity contribution is 5.90. The van der Waals surface area contributed by atoms with Crippen molar-refractivity contribution in [3.8, 4) is 5.75 Å². The summed E-state index contributed by atoms with van der Waals surface area (Å²) in [5.74, 6) is -0.536. The monoisotopic (exact) mass is 352 g/mol. The van der Waals surface area contributed by atoms with Crippen LogP contribution in [0.5, 0.6) is 5.75 Å². The second-order valence-corrected chi connectivity index (χ2v) is 5.34. The number of aliphatic hydroxyl groups is 1. The van der Waals surface area contributed by atoms with Crippen LogP contribution >= 0.6 is 0 Å². The maximum atomic E-state index is 10.3. The molecule has 0 radical (unpaired) electrons. The van der Waals surface area contributed by atoms with Gasteiger partial charge in [0, 0.05) is 12.7 Å². The number of aliphatic hydroxyl groups excluding tert-OH is 1. The summed E-state index contributed by atoms with van der Waals surface area (Å²) in [6.07, 6.45) is 1.21. The van der Waals surface area contributed by atoms with E-state index in [1.165, 1.54) is 12.1 Å². The molecule has 3 rings (SSSR count). The first kappa shape index (κ1) is 19.0. The fourth-order valence-electron chi connectivity index (χ4n) is 2.12. The Labute approximate surface area is 151 Å². The molecule has 26 heavy (non-hydrogen) atoms. The summed E-state index contributed by atoms with van der Waals surface area (Å²) < 4.78 is 0. The number of carboxylic acids is 1. The zero-order valence-corrected chi connectivity index (χ0v) is 14.0. The van der Waals surface area contributed by atoms with Crippen LogP contribution in [0.2, 0.25) is 0 Å². The largest absolute Gasteiger partial charge is 0.507 e. The number of phenols is 1. The summed E-state index contributed by atoms with van der Waals surface area (Å²) in [6, 6.07) is 21.0. The highest BCUT2D eigenvalue weighted by atomic mass is 16.4. The molecule has 0 spiro atoms. The molecule has 0 aliphatic carbocycles. The molecule has 0 bridgehead atoms. The number of hydrogen-bond acceptors (Lipinski definition) is 5. The molecule has 4 N–H and O–H groups in total. The molecule has 2 aromatic carbocycles. The third kappa shape index (κ3) is 5.92. The minimum Gasteiger partial charge on any atom is -0.507 e. The average Bonchev–Trinajstić information content (AvgIpc) is 2.68. The zero-order valence-electron chi connectivity index (χ0n) is 14.0. The van der Waals surface area contributed by atoms with Gasteiger partial charge in [-0.3, -0.25) is 0 Å². The van der Waals surface area contributed by atoms with Crippen LogP contribution in [0.15, 0.2) is 79.0 Å². The predicted molar refractivity (Wildman–Crippen MR) is 99.2 cm³/mol. The topological polar surface area (TPSA) is 103 Å². The van der Waals surface area contributed by atoms with Gasteiger partial charge in [-0.05, 0) is 29.8 Å². The van der Waals surface area contributed by atoms with Crippen LogP contribution in [-0.2, 0) is 0 Å². The molecular formula is C20H20N2O4. The standard InChI is InChI=1S/C13H14N2O.C7H6O3/c16-12(11-6-2-1-3-7-11)10-15-13-8-4-5-9-14-13;8-6-4-2-1-3-5(6)7(9)10/h1-9,12,16H,10H2,(H,14,15);1-4,8H,(H,9,10). The lowest BCUT2D eigenvalue weighted by Gasteiger charge is -2.12. The van der Waals surface area contributed by atoms with Crippen LogP contribution in [0, 0.1) is 0 Å². The number of carboxylic acid groups (broad SMARTS) is 1. The number of para-hydroxylation sites is 1. The molecule has 0 saturated heterocycles. The van der Waals surface area contributed by atoms with Crippen molar-refractivity contribution in [3.05, 3.63) is 90.1 Å². The second kappa shape index (κ2) is 9.80. The quantitative estimate of drug-likeness (QED) is 0.562. The van der Waals surface area contributed by atoms with Crippen molar-refractivity contribution in [1.82, 2.24) is 4.98 Å². The van der Waals surface area contributed by atoms with E-state index in [-0.39, 0.29) is 11.3 Å². The van der Waals surface area contributed by atoms with Crippen molar-refractivity contribution >= 4 is 11.8 Å². The Balaban J connectivity index is 0.000000209. The Hall–Kier alpha value is -3.38. The summed E-state index contributed by atoms with van der Waals surface area (Å²) >= 11 is 0. The van der Waals surface area contributed by atoms with Crippen molar-refractivity contribution in [2.45, 2.75) is 6.10 Å². The Kier molecular flexibility index (Phi) is 7.15. The zero-order chi connectivity index (χ0) is 18.8. The third-order valence-electron chi connectivity index (χ3n) is 3.46. The molecule has 6 nitrogen and oxygen atoms in total. The molecule has 1 aromatic heterocycles. The summed E-state index contributed by atoms with van der Waals surface area (Å²) in [5, 5.41) is 30.3. The van der Waals surface area contributed by atoms with Gasteiger partial charge >= 0.3 is 5.97 Å². The first-order valence-electron chi connectivity index (χ1n) is 7.97. The number of benzene rings is 2. The van der Waals surface area contributed by atoms with E-state index in [1.54, 1.807) is 18.3 Å². The fraction of sp³-hybridized carbons (Fsp3) is 0.100. The van der Waals surface area contributed by atoms with Crippen molar-refractivity contribution in [2.24, 2.45) is 0 Å². The number of rotatable bonds is 5. The van der Waals surface area contributed by atoms with Crippen molar-refractivity contribution in [3.63, 3.8) is 0 Å². The molecule has 0 amide bonds. The third-order valence-corrected chi connectivity index (χ3v) is 3.46. The maximum absolute atomic E-state index is 10.3. The number of pyridine rings is 1. The molecule has 134 valence electrons. The van der Waals surface area contributed by atoms with E-state index in [1.807, 2.05) is 48.5 Å². The molecule has 0 aliphatic heterocycles. The molecular weight excluding hydrogens is 332 g/mol. The molecule has 0 aliphatic rings. The van der Waals surface area contributed by atoms with Gasteiger partial charge in [0.1, 0.15) is 17.1 Å². The smallest absolute Gasteiger partial charge is 0.339 e. The summed E-state index contributed by atoms with van der Waals surface area (Å²) in [6.45, 7) is 0.459. The molecule has 1 unspecified atom stereocenters. The van der Waals surface area contributed by atoms with Gasteiger partial charge in [-0.25, -0.2) is 9.78 Å². The number of aromatic nitrogens is 1. The van der Waals surface area contributed by atoms with E-state index in [4.69, 9.17) is 10.2 Å². The normalized spacial score (nSPS) is 11.0. The number of hydrogen-bond donors (Lipinski definition) is 4. The van der Waals surface area contributed by atoms with Gasteiger partial charge in [-0.15, -0.1) is 0 Å². The van der Waals surface area contributed by atoms with Crippen molar-refractivity contribution in [2.75, 3.05) is 11.9 Å². The Morgan fingerprint density at radius 1 is 0.962 bits per heavy atom. The van der Waals surface area contributed by atoms with Gasteiger partial charge < -0.3 is 20.6 Å². The lowest BCUT2D eigenvalue weighted by molar-refractivity contribution is 0.0693. The first-order chi connectivity index (χ1) is 12.6. The lowest BCUT2D eigenvalue weighted by Crippen LogP contribution is -2.12. The van der Waals surface area contributed by atoms with Gasteiger partial charge in [0.15, 0.2) is 0 Å². The van der Waals surface area contributed by atoms with E-state index < -0.39 is 12.1 Å². The highest BCUT2D eigenvalue weighted by Crippen LogP contribution is 2.14. The summed E-state index contributed by atoms with van der Waals surface area (Å²) in [7, 11) is 0. The van der Waals surface area contributed by atoms with Crippen LogP contribution in [0.1, 0.15) is 22.0 Å². The molecule has 1 heterocycles. The minimum atomic E-state index is -1.11. The molecule has 6 heteroatoms. The summed E-state index contributed by atoms with van der Waals surface area (Å²) in [5.41, 5.74) is 0.841. The maximum Gasteiger partial charge on any atom is 0.339 e.